The van der Waals surface area contributed by atoms with Crippen LogP contribution in [0.25, 0.3) is 11.2 Å². The molecule has 0 saturated carbocycles. The van der Waals surface area contributed by atoms with Crippen molar-refractivity contribution in [3.63, 3.8) is 0 Å². The van der Waals surface area contributed by atoms with E-state index < -0.39 is 0 Å². The fourth-order valence-corrected chi connectivity index (χ4v) is 3.44. The number of fused-ring (bicyclic) bond motifs is 1. The molecule has 124 valence electrons. The largest absolute Gasteiger partial charge is 0.459 e. The fourth-order valence-electron chi connectivity index (χ4n) is 3.44. The lowest BCUT2D eigenvalue weighted by molar-refractivity contribution is 0.0759. The summed E-state index contributed by atoms with van der Waals surface area (Å²) in [5.41, 5.74) is 1.86. The number of aryl methyl sites for hydroxylation is 1. The number of nitrogens with zero attached hydrogens (tertiary/aromatic N) is 4. The van der Waals surface area contributed by atoms with Gasteiger partial charge in [0.05, 0.1) is 6.26 Å². The molecule has 0 bridgehead atoms. The fraction of sp³-hybridized carbons (Fsp3) is 0.389. The van der Waals surface area contributed by atoms with E-state index in [9.17, 15) is 4.79 Å². The lowest BCUT2D eigenvalue weighted by Gasteiger charge is -2.15. The lowest BCUT2D eigenvalue weighted by Crippen LogP contribution is -2.28. The van der Waals surface area contributed by atoms with Gasteiger partial charge in [-0.05, 0) is 37.1 Å². The Bertz CT molecular complexity index is 853. The van der Waals surface area contributed by atoms with E-state index in [1.54, 1.807) is 18.3 Å². The van der Waals surface area contributed by atoms with Crippen LogP contribution in [0.5, 0.6) is 0 Å². The summed E-state index contributed by atoms with van der Waals surface area (Å²) in [4.78, 5) is 23.6. The Labute approximate surface area is 140 Å². The number of furan rings is 1. The molecular weight excluding hydrogens is 304 g/mol. The molecule has 1 aliphatic heterocycles. The Morgan fingerprint density at radius 3 is 3.08 bits per heavy atom. The van der Waals surface area contributed by atoms with E-state index in [2.05, 4.69) is 16.5 Å². The molecule has 6 heteroatoms. The molecule has 1 amide bonds. The molecule has 0 aromatic carbocycles. The van der Waals surface area contributed by atoms with Gasteiger partial charge in [-0.2, -0.15) is 0 Å². The van der Waals surface area contributed by atoms with Gasteiger partial charge in [0, 0.05) is 31.7 Å². The number of imidazole rings is 1. The van der Waals surface area contributed by atoms with Crippen LogP contribution < -0.4 is 0 Å². The Kier molecular flexibility index (Phi) is 3.80. The highest BCUT2D eigenvalue weighted by Gasteiger charge is 2.32. The molecule has 6 nitrogen and oxygen atoms in total. The van der Waals surface area contributed by atoms with E-state index in [1.807, 2.05) is 17.0 Å². The van der Waals surface area contributed by atoms with Crippen LogP contribution in [0.3, 0.4) is 0 Å². The van der Waals surface area contributed by atoms with Crippen molar-refractivity contribution in [3.05, 3.63) is 48.3 Å². The van der Waals surface area contributed by atoms with E-state index in [0.29, 0.717) is 12.3 Å². The van der Waals surface area contributed by atoms with Gasteiger partial charge in [0.2, 0.25) is 0 Å². The molecule has 1 fully saturated rings. The van der Waals surface area contributed by atoms with Crippen molar-refractivity contribution >= 4 is 17.1 Å². The normalized spacial score (nSPS) is 17.7. The number of aromatic nitrogens is 3. The van der Waals surface area contributed by atoms with Crippen LogP contribution in [-0.4, -0.2) is 38.4 Å². The number of rotatable bonds is 4. The van der Waals surface area contributed by atoms with Crippen molar-refractivity contribution in [2.45, 2.75) is 32.2 Å². The first-order chi connectivity index (χ1) is 11.8. The highest BCUT2D eigenvalue weighted by molar-refractivity contribution is 5.91. The first kappa shape index (κ1) is 14.9. The van der Waals surface area contributed by atoms with Crippen LogP contribution in [0, 0.1) is 0 Å². The molecule has 1 saturated heterocycles. The number of pyridine rings is 1. The Morgan fingerprint density at radius 2 is 2.29 bits per heavy atom. The first-order valence-corrected chi connectivity index (χ1v) is 8.42. The second-order valence-electron chi connectivity index (χ2n) is 6.18. The molecule has 24 heavy (non-hydrogen) atoms. The molecular formula is C18H20N4O2. The molecule has 4 heterocycles. The summed E-state index contributed by atoms with van der Waals surface area (Å²) < 4.78 is 7.45. The predicted octanol–water partition coefficient (Wildman–Crippen LogP) is 3.06. The standard InChI is InChI=1S/C18H20N4O2/c1-2-9-22-16(20-14-5-3-8-19-17(14)22)13-7-10-21(12-13)18(23)15-6-4-11-24-15/h3-6,8,11,13H,2,7,9-10,12H2,1H3. The van der Waals surface area contributed by atoms with Gasteiger partial charge >= 0.3 is 0 Å². The minimum atomic E-state index is -0.0428. The van der Waals surface area contributed by atoms with Gasteiger partial charge in [0.15, 0.2) is 11.4 Å². The predicted molar refractivity (Wildman–Crippen MR) is 89.8 cm³/mol. The summed E-state index contributed by atoms with van der Waals surface area (Å²) in [6, 6.07) is 7.37. The molecule has 1 atom stereocenters. The van der Waals surface area contributed by atoms with Gasteiger partial charge in [-0.15, -0.1) is 0 Å². The number of carbonyl (C=O) groups is 1. The Balaban J connectivity index is 1.62. The summed E-state index contributed by atoms with van der Waals surface area (Å²) in [7, 11) is 0. The van der Waals surface area contributed by atoms with E-state index in [4.69, 9.17) is 9.40 Å². The monoisotopic (exact) mass is 324 g/mol. The highest BCUT2D eigenvalue weighted by Crippen LogP contribution is 2.30. The van der Waals surface area contributed by atoms with Gasteiger partial charge < -0.3 is 13.9 Å². The average Bonchev–Trinajstić information content (AvgIpc) is 3.34. The molecule has 0 aliphatic carbocycles. The molecule has 1 unspecified atom stereocenters. The first-order valence-electron chi connectivity index (χ1n) is 8.42. The minimum absolute atomic E-state index is 0.0428. The Morgan fingerprint density at radius 1 is 1.38 bits per heavy atom. The lowest BCUT2D eigenvalue weighted by atomic mass is 10.1. The van der Waals surface area contributed by atoms with E-state index in [0.717, 1.165) is 42.9 Å². The van der Waals surface area contributed by atoms with Crippen molar-refractivity contribution < 1.29 is 9.21 Å². The van der Waals surface area contributed by atoms with Crippen LogP contribution in [0.15, 0.2) is 41.1 Å². The minimum Gasteiger partial charge on any atom is -0.459 e. The van der Waals surface area contributed by atoms with Gasteiger partial charge in [-0.3, -0.25) is 4.79 Å². The van der Waals surface area contributed by atoms with Crippen molar-refractivity contribution in [1.29, 1.82) is 0 Å². The second kappa shape index (κ2) is 6.11. The average molecular weight is 324 g/mol. The number of hydrogen-bond donors (Lipinski definition) is 0. The molecule has 0 spiro atoms. The molecule has 0 N–H and O–H groups in total. The van der Waals surface area contributed by atoms with Crippen LogP contribution in [0.4, 0.5) is 0 Å². The third-order valence-electron chi connectivity index (χ3n) is 4.55. The molecule has 1 aliphatic rings. The van der Waals surface area contributed by atoms with Crippen LogP contribution in [0.2, 0.25) is 0 Å². The quantitative estimate of drug-likeness (QED) is 0.740. The van der Waals surface area contributed by atoms with Crippen LogP contribution >= 0.6 is 0 Å². The van der Waals surface area contributed by atoms with Crippen molar-refractivity contribution in [1.82, 2.24) is 19.4 Å². The topological polar surface area (TPSA) is 64.2 Å². The molecule has 3 aromatic heterocycles. The maximum Gasteiger partial charge on any atom is 0.289 e. The zero-order chi connectivity index (χ0) is 16.5. The highest BCUT2D eigenvalue weighted by atomic mass is 16.3. The van der Waals surface area contributed by atoms with E-state index in [1.165, 1.54) is 6.26 Å². The van der Waals surface area contributed by atoms with E-state index in [-0.39, 0.29) is 11.8 Å². The van der Waals surface area contributed by atoms with Crippen molar-refractivity contribution in [2.24, 2.45) is 0 Å². The third-order valence-corrected chi connectivity index (χ3v) is 4.55. The molecule has 4 rings (SSSR count). The second-order valence-corrected chi connectivity index (χ2v) is 6.18. The number of amides is 1. The number of hydrogen-bond acceptors (Lipinski definition) is 4. The summed E-state index contributed by atoms with van der Waals surface area (Å²) in [6.45, 7) is 4.45. The number of carbonyl (C=O) groups excluding carboxylic acids is 1. The van der Waals surface area contributed by atoms with Gasteiger partial charge in [0.1, 0.15) is 11.3 Å². The maximum atomic E-state index is 12.5. The van der Waals surface area contributed by atoms with Crippen molar-refractivity contribution in [3.8, 4) is 0 Å². The van der Waals surface area contributed by atoms with Crippen LogP contribution in [-0.2, 0) is 6.54 Å². The SMILES string of the molecule is CCCn1c(C2CCN(C(=O)c3ccco3)C2)nc2cccnc21. The maximum absolute atomic E-state index is 12.5. The van der Waals surface area contributed by atoms with Crippen molar-refractivity contribution in [2.75, 3.05) is 13.1 Å². The van der Waals surface area contributed by atoms with E-state index >= 15 is 0 Å². The van der Waals surface area contributed by atoms with Crippen LogP contribution in [0.1, 0.15) is 42.1 Å². The van der Waals surface area contributed by atoms with Gasteiger partial charge in [-0.1, -0.05) is 6.92 Å². The summed E-state index contributed by atoms with van der Waals surface area (Å²) in [6.07, 6.45) is 5.28. The zero-order valence-electron chi connectivity index (χ0n) is 13.7. The molecule has 0 radical (unpaired) electrons. The zero-order valence-corrected chi connectivity index (χ0v) is 13.7. The summed E-state index contributed by atoms with van der Waals surface area (Å²) >= 11 is 0. The van der Waals surface area contributed by atoms with Gasteiger partial charge in [0.25, 0.3) is 5.91 Å². The third kappa shape index (κ3) is 2.48. The van der Waals surface area contributed by atoms with Gasteiger partial charge in [-0.25, -0.2) is 9.97 Å². The summed E-state index contributed by atoms with van der Waals surface area (Å²) in [5.74, 6) is 1.64. The Hall–Kier alpha value is -2.63. The number of likely N-dealkylation sites (tertiary alicyclic amines) is 1. The molecule has 3 aromatic rings. The smallest absolute Gasteiger partial charge is 0.289 e. The summed E-state index contributed by atoms with van der Waals surface area (Å²) in [5, 5.41) is 0.